The fourth-order valence-electron chi connectivity index (χ4n) is 3.53. The molecule has 4 heteroatoms. The fraction of sp³-hybridized carbons (Fsp3) is 0.632. The first-order valence-corrected chi connectivity index (χ1v) is 8.89. The minimum atomic E-state index is 0.510. The molecule has 0 bridgehead atoms. The molecular formula is C19H32N4. The summed E-state index contributed by atoms with van der Waals surface area (Å²) in [6.45, 7) is 11.3. The molecule has 1 heterocycles. The maximum atomic E-state index is 5.95. The fourth-order valence-corrected chi connectivity index (χ4v) is 3.53. The van der Waals surface area contributed by atoms with Gasteiger partial charge in [-0.25, -0.2) is 0 Å². The van der Waals surface area contributed by atoms with E-state index in [1.807, 2.05) is 12.1 Å². The lowest BCUT2D eigenvalue weighted by atomic mass is 9.92. The summed E-state index contributed by atoms with van der Waals surface area (Å²) >= 11 is 0. The van der Waals surface area contributed by atoms with E-state index in [0.29, 0.717) is 5.96 Å². The van der Waals surface area contributed by atoms with Crippen molar-refractivity contribution in [2.45, 2.75) is 40.0 Å². The number of benzene rings is 1. The van der Waals surface area contributed by atoms with Crippen molar-refractivity contribution >= 4 is 11.6 Å². The summed E-state index contributed by atoms with van der Waals surface area (Å²) in [5.41, 5.74) is 8.16. The van der Waals surface area contributed by atoms with E-state index in [1.165, 1.54) is 38.0 Å². The molecule has 1 saturated heterocycles. The van der Waals surface area contributed by atoms with Crippen LogP contribution in [0.3, 0.4) is 0 Å². The van der Waals surface area contributed by atoms with Crippen LogP contribution in [-0.4, -0.2) is 37.0 Å². The third-order valence-electron chi connectivity index (χ3n) is 4.40. The number of guanidine groups is 1. The number of rotatable bonds is 6. The monoisotopic (exact) mass is 316 g/mol. The largest absolute Gasteiger partial charge is 0.370 e. The first kappa shape index (κ1) is 17.8. The molecule has 1 aromatic carbocycles. The van der Waals surface area contributed by atoms with Crippen LogP contribution >= 0.6 is 0 Å². The Labute approximate surface area is 141 Å². The van der Waals surface area contributed by atoms with Gasteiger partial charge in [-0.15, -0.1) is 0 Å². The van der Waals surface area contributed by atoms with Gasteiger partial charge in [-0.05, 0) is 62.3 Å². The molecule has 0 radical (unpaired) electrons. The molecule has 0 amide bonds. The van der Waals surface area contributed by atoms with Crippen molar-refractivity contribution < 1.29 is 0 Å². The van der Waals surface area contributed by atoms with Crippen LogP contribution in [0.25, 0.3) is 0 Å². The Kier molecular flexibility index (Phi) is 6.90. The number of aryl methyl sites for hydroxylation is 1. The minimum Gasteiger partial charge on any atom is -0.370 e. The Morgan fingerprint density at radius 3 is 2.70 bits per heavy atom. The Hall–Kier alpha value is -1.55. The first-order chi connectivity index (χ1) is 11.0. The quantitative estimate of drug-likeness (QED) is 0.480. The molecule has 128 valence electrons. The number of nitrogens with two attached hydrogens (primary N) is 1. The van der Waals surface area contributed by atoms with Gasteiger partial charge < -0.3 is 16.0 Å². The average molecular weight is 316 g/mol. The van der Waals surface area contributed by atoms with Gasteiger partial charge >= 0.3 is 0 Å². The number of aliphatic imine (C=N–C) groups is 1. The number of piperidine rings is 1. The SMILES string of the molecule is Cc1cccc(NC(N)=NCCCCN2CC(C)CC(C)C2)c1. The van der Waals surface area contributed by atoms with E-state index in [-0.39, 0.29) is 0 Å². The van der Waals surface area contributed by atoms with Crippen molar-refractivity contribution in [3.8, 4) is 0 Å². The molecule has 0 spiro atoms. The zero-order chi connectivity index (χ0) is 16.7. The first-order valence-electron chi connectivity index (χ1n) is 8.89. The zero-order valence-corrected chi connectivity index (χ0v) is 14.9. The molecule has 4 nitrogen and oxygen atoms in total. The molecular weight excluding hydrogens is 284 g/mol. The Balaban J connectivity index is 1.64. The second-order valence-electron chi connectivity index (χ2n) is 7.17. The van der Waals surface area contributed by atoms with Crippen LogP contribution in [0.5, 0.6) is 0 Å². The van der Waals surface area contributed by atoms with Gasteiger partial charge in [-0.1, -0.05) is 26.0 Å². The third kappa shape index (κ3) is 6.61. The molecule has 1 aliphatic heterocycles. The van der Waals surface area contributed by atoms with Crippen LogP contribution in [0.1, 0.15) is 38.7 Å². The molecule has 1 aliphatic rings. The van der Waals surface area contributed by atoms with Gasteiger partial charge in [0.15, 0.2) is 5.96 Å². The minimum absolute atomic E-state index is 0.510. The Morgan fingerprint density at radius 2 is 2.00 bits per heavy atom. The van der Waals surface area contributed by atoms with E-state index in [4.69, 9.17) is 5.73 Å². The highest BCUT2D eigenvalue weighted by molar-refractivity contribution is 5.92. The van der Waals surface area contributed by atoms with Crippen LogP contribution in [0.15, 0.2) is 29.3 Å². The van der Waals surface area contributed by atoms with Gasteiger partial charge in [0.1, 0.15) is 0 Å². The summed E-state index contributed by atoms with van der Waals surface area (Å²) in [7, 11) is 0. The Bertz CT molecular complexity index is 502. The van der Waals surface area contributed by atoms with Crippen molar-refractivity contribution in [2.24, 2.45) is 22.6 Å². The molecule has 2 unspecified atom stereocenters. The number of hydrogen-bond acceptors (Lipinski definition) is 2. The van der Waals surface area contributed by atoms with E-state index in [0.717, 1.165) is 30.5 Å². The Morgan fingerprint density at radius 1 is 1.26 bits per heavy atom. The summed E-state index contributed by atoms with van der Waals surface area (Å²) in [5, 5.41) is 3.15. The van der Waals surface area contributed by atoms with E-state index in [2.05, 4.69) is 48.1 Å². The highest BCUT2D eigenvalue weighted by Gasteiger charge is 2.20. The van der Waals surface area contributed by atoms with E-state index < -0.39 is 0 Å². The van der Waals surface area contributed by atoms with Crippen molar-refractivity contribution in [1.82, 2.24) is 4.90 Å². The average Bonchev–Trinajstić information content (AvgIpc) is 2.46. The number of nitrogens with zero attached hydrogens (tertiary/aromatic N) is 2. The van der Waals surface area contributed by atoms with Gasteiger partial charge in [0.25, 0.3) is 0 Å². The molecule has 23 heavy (non-hydrogen) atoms. The molecule has 2 atom stereocenters. The molecule has 0 aliphatic carbocycles. The van der Waals surface area contributed by atoms with Crippen molar-refractivity contribution in [1.29, 1.82) is 0 Å². The van der Waals surface area contributed by atoms with Gasteiger partial charge in [0, 0.05) is 25.3 Å². The normalized spacial score (nSPS) is 23.0. The zero-order valence-electron chi connectivity index (χ0n) is 14.9. The predicted octanol–water partition coefficient (Wildman–Crippen LogP) is 3.48. The smallest absolute Gasteiger partial charge is 0.193 e. The van der Waals surface area contributed by atoms with Crippen molar-refractivity contribution in [3.63, 3.8) is 0 Å². The molecule has 0 aromatic heterocycles. The predicted molar refractivity (Wildman–Crippen MR) is 99.9 cm³/mol. The van der Waals surface area contributed by atoms with Gasteiger partial charge in [0.2, 0.25) is 0 Å². The number of anilines is 1. The molecule has 2 rings (SSSR count). The number of nitrogens with one attached hydrogen (secondary N) is 1. The topological polar surface area (TPSA) is 53.6 Å². The van der Waals surface area contributed by atoms with Crippen LogP contribution < -0.4 is 11.1 Å². The van der Waals surface area contributed by atoms with Gasteiger partial charge in [0.05, 0.1) is 0 Å². The van der Waals surface area contributed by atoms with E-state index in [1.54, 1.807) is 0 Å². The lowest BCUT2D eigenvalue weighted by Gasteiger charge is -2.34. The van der Waals surface area contributed by atoms with Crippen LogP contribution in [0.4, 0.5) is 5.69 Å². The number of hydrogen-bond donors (Lipinski definition) is 2. The van der Waals surface area contributed by atoms with Crippen molar-refractivity contribution in [3.05, 3.63) is 29.8 Å². The third-order valence-corrected chi connectivity index (χ3v) is 4.40. The standard InChI is InChI=1S/C19H32N4/c1-15-7-6-8-18(12-15)22-19(20)21-9-4-5-10-23-13-16(2)11-17(3)14-23/h6-8,12,16-17H,4-5,9-11,13-14H2,1-3H3,(H3,20,21,22). The van der Waals surface area contributed by atoms with Crippen LogP contribution in [-0.2, 0) is 0 Å². The number of likely N-dealkylation sites (tertiary alicyclic amines) is 1. The maximum absolute atomic E-state index is 5.95. The van der Waals surface area contributed by atoms with Crippen molar-refractivity contribution in [2.75, 3.05) is 31.5 Å². The molecule has 0 saturated carbocycles. The van der Waals surface area contributed by atoms with E-state index in [9.17, 15) is 0 Å². The summed E-state index contributed by atoms with van der Waals surface area (Å²) in [4.78, 5) is 7.03. The molecule has 1 fully saturated rings. The molecule has 1 aromatic rings. The van der Waals surface area contributed by atoms with E-state index >= 15 is 0 Å². The highest BCUT2D eigenvalue weighted by atomic mass is 15.1. The van der Waals surface area contributed by atoms with Gasteiger partial charge in [-0.3, -0.25) is 4.99 Å². The number of unbranched alkanes of at least 4 members (excludes halogenated alkanes) is 1. The van der Waals surface area contributed by atoms with Crippen LogP contribution in [0.2, 0.25) is 0 Å². The lowest BCUT2D eigenvalue weighted by molar-refractivity contribution is 0.139. The second kappa shape index (κ2) is 8.92. The highest BCUT2D eigenvalue weighted by Crippen LogP contribution is 2.21. The summed E-state index contributed by atoms with van der Waals surface area (Å²) in [6, 6.07) is 8.17. The lowest BCUT2D eigenvalue weighted by Crippen LogP contribution is -2.39. The molecule has 3 N–H and O–H groups in total. The van der Waals surface area contributed by atoms with Crippen LogP contribution in [0, 0.1) is 18.8 Å². The maximum Gasteiger partial charge on any atom is 0.193 e. The summed E-state index contributed by atoms with van der Waals surface area (Å²) in [5.74, 6) is 2.19. The second-order valence-corrected chi connectivity index (χ2v) is 7.17. The summed E-state index contributed by atoms with van der Waals surface area (Å²) in [6.07, 6.45) is 3.66. The summed E-state index contributed by atoms with van der Waals surface area (Å²) < 4.78 is 0. The van der Waals surface area contributed by atoms with Gasteiger partial charge in [-0.2, -0.15) is 0 Å².